The molecule has 0 aliphatic heterocycles. The first-order chi connectivity index (χ1) is 29.4. The molecule has 0 aromatic heterocycles. The molecule has 0 radical (unpaired) electrons. The Hall–Kier alpha value is -6.62. The van der Waals surface area contributed by atoms with Gasteiger partial charge in [0.1, 0.15) is 0 Å². The quantitative estimate of drug-likeness (QED) is 0.0345. The van der Waals surface area contributed by atoms with Gasteiger partial charge in [-0.05, 0) is 98.1 Å². The van der Waals surface area contributed by atoms with Gasteiger partial charge >= 0.3 is 0 Å². The highest BCUT2D eigenvalue weighted by Gasteiger charge is 2.31. The van der Waals surface area contributed by atoms with E-state index in [1.165, 1.54) is 0 Å². The number of carbonyl (C=O) groups is 4. The van der Waals surface area contributed by atoms with Crippen LogP contribution in [-0.2, 0) is 0 Å². The molecule has 1 aliphatic carbocycles. The molecular formula is C46H54N10O4. The molecule has 14 heteroatoms. The predicted octanol–water partition coefficient (Wildman–Crippen LogP) is 10.2. The molecule has 4 aromatic carbocycles. The fourth-order valence-electron chi connectivity index (χ4n) is 7.61. The van der Waals surface area contributed by atoms with Crippen molar-refractivity contribution in [2.24, 2.45) is 10.2 Å². The SMILES string of the molecule is [N-]=[N+]=NCCCCCCN(C(=O)c1ccccc1)c1ccccc1C(=O)NC1CCCC[C@@H]1NC(=O)c1ccccc1N(CCCCCCN=[N+]=[N-])C(=O)c1ccccc1. The van der Waals surface area contributed by atoms with E-state index in [0.717, 1.165) is 51.4 Å². The minimum Gasteiger partial charge on any atom is -0.347 e. The van der Waals surface area contributed by atoms with Crippen LogP contribution in [0.15, 0.2) is 119 Å². The van der Waals surface area contributed by atoms with Crippen molar-refractivity contribution in [3.8, 4) is 0 Å². The van der Waals surface area contributed by atoms with Gasteiger partial charge in [0.2, 0.25) is 0 Å². The van der Waals surface area contributed by atoms with Crippen LogP contribution in [0.25, 0.3) is 20.9 Å². The highest BCUT2D eigenvalue weighted by atomic mass is 16.2. The maximum Gasteiger partial charge on any atom is 0.258 e. The topological polar surface area (TPSA) is 196 Å². The third-order valence-electron chi connectivity index (χ3n) is 10.7. The minimum absolute atomic E-state index is 0.212. The van der Waals surface area contributed by atoms with Crippen molar-refractivity contribution < 1.29 is 19.2 Å². The van der Waals surface area contributed by atoms with Gasteiger partial charge in [-0.25, -0.2) is 0 Å². The molecule has 5 rings (SSSR count). The lowest BCUT2D eigenvalue weighted by molar-refractivity contribution is 0.0862. The molecule has 0 spiro atoms. The van der Waals surface area contributed by atoms with Crippen LogP contribution in [0.2, 0.25) is 0 Å². The molecule has 312 valence electrons. The zero-order valence-corrected chi connectivity index (χ0v) is 34.1. The van der Waals surface area contributed by atoms with E-state index in [1.54, 1.807) is 70.5 Å². The summed E-state index contributed by atoms with van der Waals surface area (Å²) in [6.45, 7) is 1.64. The Morgan fingerprint density at radius 3 is 1.28 bits per heavy atom. The summed E-state index contributed by atoms with van der Waals surface area (Å²) in [5.74, 6) is -1.10. The summed E-state index contributed by atoms with van der Waals surface area (Å²) in [6.07, 6.45) is 9.27. The fourth-order valence-corrected chi connectivity index (χ4v) is 7.61. The molecule has 2 N–H and O–H groups in total. The smallest absolute Gasteiger partial charge is 0.258 e. The molecule has 2 atom stereocenters. The Bertz CT molecular complexity index is 1970. The molecule has 60 heavy (non-hydrogen) atoms. The van der Waals surface area contributed by atoms with Crippen LogP contribution in [0, 0.1) is 0 Å². The van der Waals surface area contributed by atoms with Crippen molar-refractivity contribution in [1.29, 1.82) is 0 Å². The average Bonchev–Trinajstić information content (AvgIpc) is 3.29. The number of nitrogens with one attached hydrogen (secondary N) is 2. The van der Waals surface area contributed by atoms with Crippen LogP contribution < -0.4 is 20.4 Å². The first kappa shape index (κ1) is 44.5. The second kappa shape index (κ2) is 24.3. The standard InChI is InChI=1S/C46H54N10O4/c47-53-49-31-17-1-3-19-33-55(45(59)35-21-7-5-8-22-35)41-29-15-11-25-37(41)43(57)51-39-27-13-14-28-40(39)52-44(58)38-26-12-16-30-42(38)56(34-20-4-2-18-32-50-54-48)46(60)36-23-9-6-10-24-36/h5-12,15-16,21-26,29-30,39-40H,1-4,13-14,17-20,27-28,31-34H2,(H,51,57)(H,52,58)/t39-,40?/m0/s1. The van der Waals surface area contributed by atoms with Crippen LogP contribution in [0.5, 0.6) is 0 Å². The number of azide groups is 2. The summed E-state index contributed by atoms with van der Waals surface area (Å²) in [5.41, 5.74) is 19.9. The molecular weight excluding hydrogens is 757 g/mol. The molecule has 0 saturated heterocycles. The number of rotatable bonds is 22. The summed E-state index contributed by atoms with van der Waals surface area (Å²) in [5, 5.41) is 13.7. The van der Waals surface area contributed by atoms with E-state index >= 15 is 0 Å². The number of carbonyl (C=O) groups excluding carboxylic acids is 4. The maximum atomic E-state index is 14.3. The number of hydrogen-bond donors (Lipinski definition) is 2. The molecule has 1 saturated carbocycles. The Morgan fingerprint density at radius 1 is 0.517 bits per heavy atom. The number of benzene rings is 4. The predicted molar refractivity (Wildman–Crippen MR) is 235 cm³/mol. The summed E-state index contributed by atoms with van der Waals surface area (Å²) >= 11 is 0. The Kier molecular flexibility index (Phi) is 18.0. The summed E-state index contributed by atoms with van der Waals surface area (Å²) in [4.78, 5) is 65.5. The third kappa shape index (κ3) is 12.9. The van der Waals surface area contributed by atoms with Crippen molar-refractivity contribution in [2.45, 2.75) is 89.1 Å². The van der Waals surface area contributed by atoms with Gasteiger partial charge in [-0.1, -0.05) is 109 Å². The highest BCUT2D eigenvalue weighted by Crippen LogP contribution is 2.28. The fraction of sp³-hybridized carbons (Fsp3) is 0.391. The zero-order valence-electron chi connectivity index (χ0n) is 34.1. The van der Waals surface area contributed by atoms with E-state index < -0.39 is 0 Å². The minimum atomic E-state index is -0.378. The van der Waals surface area contributed by atoms with E-state index in [4.69, 9.17) is 11.1 Å². The lowest BCUT2D eigenvalue weighted by atomic mass is 9.89. The van der Waals surface area contributed by atoms with Gasteiger partial charge in [0.05, 0.1) is 22.5 Å². The van der Waals surface area contributed by atoms with Gasteiger partial charge in [0.15, 0.2) is 0 Å². The molecule has 4 aromatic rings. The first-order valence-electron chi connectivity index (χ1n) is 21.0. The van der Waals surface area contributed by atoms with Crippen LogP contribution >= 0.6 is 0 Å². The number of amides is 4. The number of hydrogen-bond acceptors (Lipinski definition) is 6. The maximum absolute atomic E-state index is 14.3. The second-order valence-corrected chi connectivity index (χ2v) is 14.9. The lowest BCUT2D eigenvalue weighted by Gasteiger charge is -2.34. The van der Waals surface area contributed by atoms with Crippen molar-refractivity contribution >= 4 is 35.0 Å². The van der Waals surface area contributed by atoms with Crippen LogP contribution in [-0.4, -0.2) is 61.9 Å². The van der Waals surface area contributed by atoms with Crippen molar-refractivity contribution in [1.82, 2.24) is 10.6 Å². The van der Waals surface area contributed by atoms with Gasteiger partial charge < -0.3 is 20.4 Å². The molecule has 1 fully saturated rings. The highest BCUT2D eigenvalue weighted by molar-refractivity contribution is 6.11. The Labute approximate surface area is 351 Å². The monoisotopic (exact) mass is 810 g/mol. The molecule has 1 aliphatic rings. The average molecular weight is 811 g/mol. The third-order valence-corrected chi connectivity index (χ3v) is 10.7. The van der Waals surface area contributed by atoms with Crippen LogP contribution in [0.4, 0.5) is 11.4 Å². The van der Waals surface area contributed by atoms with E-state index in [-0.39, 0.29) is 35.7 Å². The summed E-state index contributed by atoms with van der Waals surface area (Å²) in [7, 11) is 0. The Morgan fingerprint density at radius 2 is 0.883 bits per heavy atom. The van der Waals surface area contributed by atoms with Gasteiger partial charge in [-0.15, -0.1) is 0 Å². The summed E-state index contributed by atoms with van der Waals surface area (Å²) in [6, 6.07) is 31.5. The van der Waals surface area contributed by atoms with Crippen molar-refractivity contribution in [2.75, 3.05) is 36.0 Å². The largest absolute Gasteiger partial charge is 0.347 e. The van der Waals surface area contributed by atoms with Gasteiger partial charge in [0.25, 0.3) is 23.6 Å². The normalized spacial score (nSPS) is 14.5. The molecule has 1 unspecified atom stereocenters. The number of anilines is 2. The summed E-state index contributed by atoms with van der Waals surface area (Å²) < 4.78 is 0. The van der Waals surface area contributed by atoms with Gasteiger partial charge in [-0.2, -0.15) is 0 Å². The molecule has 14 nitrogen and oxygen atoms in total. The number of para-hydroxylation sites is 2. The zero-order chi connectivity index (χ0) is 42.4. The van der Waals surface area contributed by atoms with Gasteiger partial charge in [0, 0.05) is 59.2 Å². The first-order valence-corrected chi connectivity index (χ1v) is 21.0. The number of unbranched alkanes of at least 4 members (excludes halogenated alkanes) is 6. The molecule has 0 heterocycles. The van der Waals surface area contributed by atoms with E-state index in [1.807, 2.05) is 48.5 Å². The molecule has 0 bridgehead atoms. The number of nitrogens with zero attached hydrogens (tertiary/aromatic N) is 8. The van der Waals surface area contributed by atoms with Crippen molar-refractivity contribution in [3.63, 3.8) is 0 Å². The van der Waals surface area contributed by atoms with Gasteiger partial charge in [-0.3, -0.25) is 19.2 Å². The van der Waals surface area contributed by atoms with Crippen LogP contribution in [0.1, 0.15) is 118 Å². The van der Waals surface area contributed by atoms with E-state index in [2.05, 4.69) is 30.7 Å². The van der Waals surface area contributed by atoms with Crippen LogP contribution in [0.3, 0.4) is 0 Å². The van der Waals surface area contributed by atoms with E-state index in [0.29, 0.717) is 85.5 Å². The van der Waals surface area contributed by atoms with Crippen molar-refractivity contribution in [3.05, 3.63) is 152 Å². The molecule has 4 amide bonds. The Balaban J connectivity index is 1.33. The van der Waals surface area contributed by atoms with E-state index in [9.17, 15) is 19.2 Å². The second-order valence-electron chi connectivity index (χ2n) is 14.9. The lowest BCUT2D eigenvalue weighted by Crippen LogP contribution is -2.53.